The number of ether oxygens (including phenoxy) is 1. The molecule has 19 heavy (non-hydrogen) atoms. The third kappa shape index (κ3) is 4.01. The van der Waals surface area contributed by atoms with Crippen molar-refractivity contribution in [1.29, 1.82) is 0 Å². The lowest BCUT2D eigenvalue weighted by Gasteiger charge is -2.12. The van der Waals surface area contributed by atoms with Crippen LogP contribution in [0.3, 0.4) is 0 Å². The minimum atomic E-state index is 0.0526. The Morgan fingerprint density at radius 1 is 1.16 bits per heavy atom. The summed E-state index contributed by atoms with van der Waals surface area (Å²) < 4.78 is 5.21. The van der Waals surface area contributed by atoms with Crippen LogP contribution >= 0.6 is 11.8 Å². The van der Waals surface area contributed by atoms with E-state index >= 15 is 0 Å². The Kier molecular flexibility index (Phi) is 4.88. The topological polar surface area (TPSA) is 35.2 Å². The first-order valence-electron chi connectivity index (χ1n) is 6.28. The Hall–Kier alpha value is -1.45. The Labute approximate surface area is 119 Å². The fourth-order valence-corrected chi connectivity index (χ4v) is 2.73. The van der Waals surface area contributed by atoms with Gasteiger partial charge >= 0.3 is 0 Å². The summed E-state index contributed by atoms with van der Waals surface area (Å²) in [6.07, 6.45) is 0. The van der Waals surface area contributed by atoms with Gasteiger partial charge in [-0.3, -0.25) is 0 Å². The maximum Gasteiger partial charge on any atom is 0.119 e. The van der Waals surface area contributed by atoms with Crippen molar-refractivity contribution in [3.63, 3.8) is 0 Å². The predicted molar refractivity (Wildman–Crippen MR) is 81.8 cm³/mol. The summed E-state index contributed by atoms with van der Waals surface area (Å²) in [5.41, 5.74) is 8.65. The molecule has 0 heterocycles. The van der Waals surface area contributed by atoms with Crippen LogP contribution in [0.15, 0.2) is 53.4 Å². The lowest BCUT2D eigenvalue weighted by Crippen LogP contribution is -2.12. The molecule has 0 amide bonds. The molecule has 0 aromatic heterocycles. The lowest BCUT2D eigenvalue weighted by molar-refractivity contribution is 0.413. The molecule has 0 aliphatic rings. The molecule has 0 fully saturated rings. The number of hydrogen-bond donors (Lipinski definition) is 1. The van der Waals surface area contributed by atoms with Crippen LogP contribution < -0.4 is 10.5 Å². The molecule has 0 radical (unpaired) electrons. The van der Waals surface area contributed by atoms with Gasteiger partial charge in [0, 0.05) is 16.7 Å². The van der Waals surface area contributed by atoms with E-state index in [-0.39, 0.29) is 6.04 Å². The Balaban J connectivity index is 1.96. The maximum absolute atomic E-state index is 6.21. The highest BCUT2D eigenvalue weighted by Gasteiger charge is 2.06. The molecule has 0 spiro atoms. The minimum absolute atomic E-state index is 0.0526. The fourth-order valence-electron chi connectivity index (χ4n) is 1.79. The highest BCUT2D eigenvalue weighted by Crippen LogP contribution is 2.26. The highest BCUT2D eigenvalue weighted by atomic mass is 32.2. The SMILES string of the molecule is COc1cccc(SCC(N)c2ccc(C)cc2)c1. The summed E-state index contributed by atoms with van der Waals surface area (Å²) in [5, 5.41) is 0. The zero-order chi connectivity index (χ0) is 13.7. The highest BCUT2D eigenvalue weighted by molar-refractivity contribution is 7.99. The smallest absolute Gasteiger partial charge is 0.119 e. The average molecular weight is 273 g/mol. The van der Waals surface area contributed by atoms with Crippen LogP contribution in [0.4, 0.5) is 0 Å². The van der Waals surface area contributed by atoms with Crippen LogP contribution in [0.2, 0.25) is 0 Å². The van der Waals surface area contributed by atoms with Crippen molar-refractivity contribution in [2.75, 3.05) is 12.9 Å². The van der Waals surface area contributed by atoms with Gasteiger partial charge in [0.2, 0.25) is 0 Å². The summed E-state index contributed by atoms with van der Waals surface area (Å²) >= 11 is 1.75. The molecular weight excluding hydrogens is 254 g/mol. The van der Waals surface area contributed by atoms with Crippen molar-refractivity contribution in [3.8, 4) is 5.75 Å². The van der Waals surface area contributed by atoms with E-state index in [1.54, 1.807) is 18.9 Å². The number of methoxy groups -OCH3 is 1. The van der Waals surface area contributed by atoms with Gasteiger partial charge < -0.3 is 10.5 Å². The van der Waals surface area contributed by atoms with E-state index < -0.39 is 0 Å². The minimum Gasteiger partial charge on any atom is -0.497 e. The zero-order valence-electron chi connectivity index (χ0n) is 11.3. The van der Waals surface area contributed by atoms with Gasteiger partial charge in [-0.2, -0.15) is 0 Å². The van der Waals surface area contributed by atoms with E-state index in [2.05, 4.69) is 37.3 Å². The number of nitrogens with two attached hydrogens (primary N) is 1. The molecule has 100 valence electrons. The van der Waals surface area contributed by atoms with Gasteiger partial charge in [-0.15, -0.1) is 11.8 Å². The fraction of sp³-hybridized carbons (Fsp3) is 0.250. The van der Waals surface area contributed by atoms with Crippen molar-refractivity contribution >= 4 is 11.8 Å². The molecule has 2 nitrogen and oxygen atoms in total. The normalized spacial score (nSPS) is 12.2. The quantitative estimate of drug-likeness (QED) is 0.842. The number of hydrogen-bond acceptors (Lipinski definition) is 3. The first kappa shape index (κ1) is 14.0. The van der Waals surface area contributed by atoms with Crippen LogP contribution in [0, 0.1) is 6.92 Å². The van der Waals surface area contributed by atoms with Crippen LogP contribution in [-0.4, -0.2) is 12.9 Å². The standard InChI is InChI=1S/C16H19NOS/c1-12-6-8-13(9-7-12)16(17)11-19-15-5-3-4-14(10-15)18-2/h3-10,16H,11,17H2,1-2H3. The molecule has 2 aromatic carbocycles. The molecule has 3 heteroatoms. The second-order valence-electron chi connectivity index (χ2n) is 4.51. The number of rotatable bonds is 5. The summed E-state index contributed by atoms with van der Waals surface area (Å²) in [6.45, 7) is 2.08. The molecule has 2 rings (SSSR count). The van der Waals surface area contributed by atoms with Gasteiger partial charge in [0.15, 0.2) is 0 Å². The molecule has 1 atom stereocenters. The molecule has 0 saturated carbocycles. The number of aryl methyl sites for hydroxylation is 1. The third-order valence-corrected chi connectivity index (χ3v) is 4.09. The maximum atomic E-state index is 6.21. The summed E-state index contributed by atoms with van der Waals surface area (Å²) in [7, 11) is 1.68. The monoisotopic (exact) mass is 273 g/mol. The van der Waals surface area contributed by atoms with Crippen LogP contribution in [0.1, 0.15) is 17.2 Å². The molecule has 0 aliphatic heterocycles. The molecule has 0 saturated heterocycles. The largest absolute Gasteiger partial charge is 0.497 e. The van der Waals surface area contributed by atoms with Gasteiger partial charge in [-0.05, 0) is 30.7 Å². The van der Waals surface area contributed by atoms with E-state index in [1.807, 2.05) is 18.2 Å². The summed E-state index contributed by atoms with van der Waals surface area (Å²) in [4.78, 5) is 1.18. The van der Waals surface area contributed by atoms with E-state index in [4.69, 9.17) is 10.5 Å². The van der Waals surface area contributed by atoms with E-state index in [0.717, 1.165) is 11.5 Å². The van der Waals surface area contributed by atoms with Crippen LogP contribution in [0.25, 0.3) is 0 Å². The molecule has 0 aliphatic carbocycles. The van der Waals surface area contributed by atoms with Crippen LogP contribution in [0.5, 0.6) is 5.75 Å². The second kappa shape index (κ2) is 6.64. The van der Waals surface area contributed by atoms with E-state index in [0.29, 0.717) is 0 Å². The summed E-state index contributed by atoms with van der Waals surface area (Å²) in [5.74, 6) is 1.74. The van der Waals surface area contributed by atoms with Gasteiger partial charge in [-0.1, -0.05) is 35.9 Å². The Morgan fingerprint density at radius 2 is 1.89 bits per heavy atom. The van der Waals surface area contributed by atoms with Gasteiger partial charge in [0.1, 0.15) is 5.75 Å². The number of thioether (sulfide) groups is 1. The van der Waals surface area contributed by atoms with Gasteiger partial charge in [-0.25, -0.2) is 0 Å². The van der Waals surface area contributed by atoms with Crippen molar-refractivity contribution in [3.05, 3.63) is 59.7 Å². The van der Waals surface area contributed by atoms with Gasteiger partial charge in [0.05, 0.1) is 7.11 Å². The summed E-state index contributed by atoms with van der Waals surface area (Å²) in [6, 6.07) is 16.5. The lowest BCUT2D eigenvalue weighted by atomic mass is 10.1. The third-order valence-electron chi connectivity index (χ3n) is 2.98. The molecule has 2 aromatic rings. The first-order valence-corrected chi connectivity index (χ1v) is 7.26. The van der Waals surface area contributed by atoms with Gasteiger partial charge in [0.25, 0.3) is 0 Å². The first-order chi connectivity index (χ1) is 9.19. The van der Waals surface area contributed by atoms with E-state index in [1.165, 1.54) is 16.0 Å². The number of benzene rings is 2. The second-order valence-corrected chi connectivity index (χ2v) is 5.60. The Bertz CT molecular complexity index is 525. The van der Waals surface area contributed by atoms with Crippen molar-refractivity contribution in [2.24, 2.45) is 5.73 Å². The molecule has 0 bridgehead atoms. The predicted octanol–water partition coefficient (Wildman–Crippen LogP) is 3.80. The van der Waals surface area contributed by atoms with E-state index in [9.17, 15) is 0 Å². The molecule has 2 N–H and O–H groups in total. The van der Waals surface area contributed by atoms with Crippen molar-refractivity contribution < 1.29 is 4.74 Å². The molecular formula is C16H19NOS. The molecule has 1 unspecified atom stereocenters. The van der Waals surface area contributed by atoms with Crippen molar-refractivity contribution in [1.82, 2.24) is 0 Å². The van der Waals surface area contributed by atoms with Crippen molar-refractivity contribution in [2.45, 2.75) is 17.9 Å². The Morgan fingerprint density at radius 3 is 2.58 bits per heavy atom. The zero-order valence-corrected chi connectivity index (χ0v) is 12.1. The van der Waals surface area contributed by atoms with Crippen LogP contribution in [-0.2, 0) is 0 Å². The average Bonchev–Trinajstić information content (AvgIpc) is 2.46.